The fourth-order valence-corrected chi connectivity index (χ4v) is 2.81. The number of methoxy groups -OCH3 is 1. The van der Waals surface area contributed by atoms with E-state index in [1.54, 1.807) is 11.8 Å². The van der Waals surface area contributed by atoms with Gasteiger partial charge >= 0.3 is 5.97 Å². The molecule has 0 aliphatic heterocycles. The highest BCUT2D eigenvalue weighted by atomic mass is 32.2. The predicted molar refractivity (Wildman–Crippen MR) is 72.3 cm³/mol. The molecule has 18 heavy (non-hydrogen) atoms. The van der Waals surface area contributed by atoms with Crippen LogP contribution in [-0.2, 0) is 9.53 Å². The molecular weight excluding hydrogens is 258 g/mol. The van der Waals surface area contributed by atoms with Crippen LogP contribution in [0.25, 0.3) is 0 Å². The van der Waals surface area contributed by atoms with Gasteiger partial charge in [0.1, 0.15) is 5.25 Å². The van der Waals surface area contributed by atoms with Crippen LogP contribution in [0.2, 0.25) is 0 Å². The lowest BCUT2D eigenvalue weighted by Gasteiger charge is -2.13. The highest BCUT2D eigenvalue weighted by molar-refractivity contribution is 8.00. The Morgan fingerprint density at radius 3 is 2.44 bits per heavy atom. The molecule has 0 heterocycles. The molecule has 0 aromatic heterocycles. The van der Waals surface area contributed by atoms with Crippen molar-refractivity contribution in [2.45, 2.75) is 63.5 Å². The molecule has 0 amide bonds. The highest BCUT2D eigenvalue weighted by Crippen LogP contribution is 2.21. The number of thioether (sulfide) groups is 1. The van der Waals surface area contributed by atoms with Crippen molar-refractivity contribution in [2.75, 3.05) is 12.9 Å². The fraction of sp³-hybridized carbons (Fsp3) is 0.923. The molecule has 0 aliphatic carbocycles. The van der Waals surface area contributed by atoms with E-state index < -0.39 is 6.43 Å². The minimum absolute atomic E-state index is 0.0130. The zero-order chi connectivity index (χ0) is 13.8. The minimum atomic E-state index is -2.19. The number of hydrogen-bond donors (Lipinski definition) is 0. The van der Waals surface area contributed by atoms with Crippen LogP contribution in [0.1, 0.15) is 51.9 Å². The first kappa shape index (κ1) is 17.7. The Labute approximate surface area is 113 Å². The molecule has 2 nitrogen and oxygen atoms in total. The number of ether oxygens (including phenoxy) is 1. The van der Waals surface area contributed by atoms with E-state index in [0.29, 0.717) is 6.42 Å². The van der Waals surface area contributed by atoms with Crippen LogP contribution in [0.15, 0.2) is 0 Å². The summed E-state index contributed by atoms with van der Waals surface area (Å²) >= 11 is 1.59. The summed E-state index contributed by atoms with van der Waals surface area (Å²) in [7, 11) is 1.41. The van der Waals surface area contributed by atoms with E-state index in [1.807, 2.05) is 0 Å². The van der Waals surface area contributed by atoms with Gasteiger partial charge in [-0.2, -0.15) is 0 Å². The second-order valence-corrected chi connectivity index (χ2v) is 5.58. The molecular formula is C13H24F2O2S. The lowest BCUT2D eigenvalue weighted by Crippen LogP contribution is -2.19. The summed E-state index contributed by atoms with van der Waals surface area (Å²) in [4.78, 5) is 11.5. The molecule has 0 N–H and O–H groups in total. The van der Waals surface area contributed by atoms with Crippen LogP contribution < -0.4 is 0 Å². The van der Waals surface area contributed by atoms with Crippen molar-refractivity contribution in [1.29, 1.82) is 0 Å². The molecule has 0 fully saturated rings. The lowest BCUT2D eigenvalue weighted by molar-refractivity contribution is -0.140. The quantitative estimate of drug-likeness (QED) is 0.418. The topological polar surface area (TPSA) is 26.3 Å². The van der Waals surface area contributed by atoms with E-state index in [-0.39, 0.29) is 17.6 Å². The van der Waals surface area contributed by atoms with Gasteiger partial charge in [-0.1, -0.05) is 26.2 Å². The number of carbonyl (C=O) groups excluding carboxylic acids is 1. The van der Waals surface area contributed by atoms with Crippen LogP contribution in [0.5, 0.6) is 0 Å². The molecule has 0 aliphatic rings. The van der Waals surface area contributed by atoms with Crippen LogP contribution in [0.3, 0.4) is 0 Å². The molecule has 0 aromatic rings. The molecule has 0 rings (SSSR count). The SMILES string of the molecule is CCCCC(SCCCCCC(F)F)C(=O)OC. The minimum Gasteiger partial charge on any atom is -0.468 e. The Morgan fingerprint density at radius 1 is 1.17 bits per heavy atom. The first-order valence-corrected chi connectivity index (χ1v) is 7.64. The van der Waals surface area contributed by atoms with Gasteiger partial charge < -0.3 is 4.74 Å². The standard InChI is InChI=1S/C13H24F2O2S/c1-3-4-8-11(13(16)17-2)18-10-7-5-6-9-12(14)15/h11-12H,3-10H2,1-2H3. The van der Waals surface area contributed by atoms with E-state index in [0.717, 1.165) is 37.9 Å². The molecule has 0 saturated heterocycles. The maximum atomic E-state index is 11.9. The second-order valence-electron chi connectivity index (χ2n) is 4.27. The van der Waals surface area contributed by atoms with Crippen LogP contribution in [0.4, 0.5) is 8.78 Å². The summed E-state index contributed by atoms with van der Waals surface area (Å²) in [6, 6.07) is 0. The van der Waals surface area contributed by atoms with Gasteiger partial charge in [-0.25, -0.2) is 8.78 Å². The number of hydrogen-bond acceptors (Lipinski definition) is 3. The number of esters is 1. The molecule has 1 atom stereocenters. The lowest BCUT2D eigenvalue weighted by atomic mass is 10.2. The summed E-state index contributed by atoms with van der Waals surface area (Å²) in [5, 5.41) is -0.0925. The number of unbranched alkanes of at least 4 members (excludes halogenated alkanes) is 3. The number of rotatable bonds is 11. The molecule has 0 bridgehead atoms. The van der Waals surface area contributed by atoms with Gasteiger partial charge in [-0.15, -0.1) is 11.8 Å². The zero-order valence-corrected chi connectivity index (χ0v) is 12.1. The largest absolute Gasteiger partial charge is 0.468 e. The van der Waals surface area contributed by atoms with Crippen LogP contribution in [-0.4, -0.2) is 30.5 Å². The Morgan fingerprint density at radius 2 is 1.89 bits per heavy atom. The van der Waals surface area contributed by atoms with E-state index in [9.17, 15) is 13.6 Å². The molecule has 0 spiro atoms. The number of alkyl halides is 2. The van der Waals surface area contributed by atoms with E-state index in [1.165, 1.54) is 7.11 Å². The molecule has 0 radical (unpaired) electrons. The van der Waals surface area contributed by atoms with Crippen molar-refractivity contribution in [1.82, 2.24) is 0 Å². The summed E-state index contributed by atoms with van der Waals surface area (Å²) < 4.78 is 28.6. The summed E-state index contributed by atoms with van der Waals surface area (Å²) in [5.74, 6) is 0.674. The van der Waals surface area contributed by atoms with E-state index >= 15 is 0 Å². The zero-order valence-electron chi connectivity index (χ0n) is 11.3. The average molecular weight is 282 g/mol. The van der Waals surface area contributed by atoms with Gasteiger partial charge in [0.2, 0.25) is 6.43 Å². The predicted octanol–water partition coefficient (Wildman–Crippen LogP) is 4.28. The second kappa shape index (κ2) is 11.8. The van der Waals surface area contributed by atoms with E-state index in [4.69, 9.17) is 4.74 Å². The van der Waals surface area contributed by atoms with Crippen molar-refractivity contribution < 1.29 is 18.3 Å². The van der Waals surface area contributed by atoms with Crippen molar-refractivity contribution in [3.05, 3.63) is 0 Å². The summed E-state index contributed by atoms with van der Waals surface area (Å²) in [5.41, 5.74) is 0. The summed E-state index contributed by atoms with van der Waals surface area (Å²) in [6.07, 6.45) is 2.96. The monoisotopic (exact) mass is 282 g/mol. The maximum absolute atomic E-state index is 11.9. The first-order valence-electron chi connectivity index (χ1n) is 6.59. The van der Waals surface area contributed by atoms with Gasteiger partial charge in [0.25, 0.3) is 0 Å². The molecule has 108 valence electrons. The molecule has 0 aromatic carbocycles. The van der Waals surface area contributed by atoms with Gasteiger partial charge in [-0.05, 0) is 25.0 Å². The number of halogens is 2. The third-order valence-corrected chi connectivity index (χ3v) is 4.02. The Kier molecular flexibility index (Phi) is 11.5. The molecule has 1 unspecified atom stereocenters. The van der Waals surface area contributed by atoms with Gasteiger partial charge in [0.15, 0.2) is 0 Å². The third-order valence-electron chi connectivity index (χ3n) is 2.67. The van der Waals surface area contributed by atoms with Gasteiger partial charge in [0, 0.05) is 6.42 Å². The highest BCUT2D eigenvalue weighted by Gasteiger charge is 2.18. The molecule has 5 heteroatoms. The third kappa shape index (κ3) is 9.68. The Hall–Kier alpha value is -0.320. The van der Waals surface area contributed by atoms with Crippen molar-refractivity contribution in [3.8, 4) is 0 Å². The van der Waals surface area contributed by atoms with Gasteiger partial charge in [0.05, 0.1) is 7.11 Å². The average Bonchev–Trinajstić information content (AvgIpc) is 2.35. The van der Waals surface area contributed by atoms with Crippen LogP contribution >= 0.6 is 11.8 Å². The summed E-state index contributed by atoms with van der Waals surface area (Å²) in [6.45, 7) is 2.09. The fourth-order valence-electron chi connectivity index (χ4n) is 1.59. The normalized spacial score (nSPS) is 12.7. The number of carbonyl (C=O) groups is 1. The van der Waals surface area contributed by atoms with Gasteiger partial charge in [-0.3, -0.25) is 4.79 Å². The maximum Gasteiger partial charge on any atom is 0.318 e. The van der Waals surface area contributed by atoms with E-state index in [2.05, 4.69) is 6.92 Å². The smallest absolute Gasteiger partial charge is 0.318 e. The van der Waals surface area contributed by atoms with Crippen molar-refractivity contribution in [3.63, 3.8) is 0 Å². The van der Waals surface area contributed by atoms with Crippen molar-refractivity contribution in [2.24, 2.45) is 0 Å². The Bertz CT molecular complexity index is 213. The van der Waals surface area contributed by atoms with Crippen molar-refractivity contribution >= 4 is 17.7 Å². The first-order chi connectivity index (χ1) is 8.61. The Balaban J connectivity index is 3.65. The van der Waals surface area contributed by atoms with Crippen LogP contribution in [0, 0.1) is 0 Å². The molecule has 0 saturated carbocycles.